The molecule has 0 atom stereocenters. The van der Waals surface area contributed by atoms with E-state index in [-0.39, 0.29) is 0 Å². The number of hydrogen-bond donors (Lipinski definition) is 1. The molecule has 5 heteroatoms. The number of benzene rings is 1. The molecule has 5 nitrogen and oxygen atoms in total. The first-order valence-corrected chi connectivity index (χ1v) is 6.62. The second kappa shape index (κ2) is 5.07. The van der Waals surface area contributed by atoms with Crippen molar-refractivity contribution in [2.75, 3.05) is 11.4 Å². The number of fused-ring (bicyclic) bond motifs is 1. The number of carboxylic acids is 1. The molecule has 0 saturated carbocycles. The van der Waals surface area contributed by atoms with Gasteiger partial charge in [0.1, 0.15) is 5.54 Å². The second-order valence-electron chi connectivity index (χ2n) is 5.26. The van der Waals surface area contributed by atoms with Crippen molar-refractivity contribution < 1.29 is 9.90 Å². The Morgan fingerprint density at radius 3 is 2.40 bits per heavy atom. The number of aryl methyl sites for hydroxylation is 1. The van der Waals surface area contributed by atoms with Crippen molar-refractivity contribution in [3.8, 4) is 0 Å². The highest BCUT2D eigenvalue weighted by Gasteiger charge is 2.35. The lowest BCUT2D eigenvalue weighted by atomic mass is 10.0. The van der Waals surface area contributed by atoms with Crippen molar-refractivity contribution in [2.45, 2.75) is 33.2 Å². The van der Waals surface area contributed by atoms with E-state index in [2.05, 4.69) is 10.2 Å². The fraction of sp³-hybridized carbons (Fsp3) is 0.400. The van der Waals surface area contributed by atoms with E-state index in [1.165, 1.54) is 0 Å². The third-order valence-corrected chi connectivity index (χ3v) is 3.62. The maximum Gasteiger partial charge on any atom is 0.329 e. The minimum Gasteiger partial charge on any atom is -0.480 e. The summed E-state index contributed by atoms with van der Waals surface area (Å²) >= 11 is 0. The molecule has 2 aromatic rings. The van der Waals surface area contributed by atoms with Gasteiger partial charge in [0.25, 0.3) is 0 Å². The smallest absolute Gasteiger partial charge is 0.329 e. The van der Waals surface area contributed by atoms with Crippen LogP contribution in [0.15, 0.2) is 24.3 Å². The van der Waals surface area contributed by atoms with Crippen LogP contribution in [0, 0.1) is 6.92 Å². The topological polar surface area (TPSA) is 66.3 Å². The van der Waals surface area contributed by atoms with Gasteiger partial charge in [-0.05, 0) is 27.7 Å². The number of aliphatic carboxylic acids is 1. The zero-order valence-electron chi connectivity index (χ0n) is 12.2. The Hall–Kier alpha value is -2.17. The van der Waals surface area contributed by atoms with Gasteiger partial charge in [0.05, 0.1) is 5.69 Å². The molecular weight excluding hydrogens is 254 g/mol. The van der Waals surface area contributed by atoms with Crippen LogP contribution in [0.5, 0.6) is 0 Å². The Bertz CT molecular complexity index is 653. The van der Waals surface area contributed by atoms with Crippen LogP contribution < -0.4 is 4.90 Å². The fourth-order valence-corrected chi connectivity index (χ4v) is 2.35. The number of aromatic nitrogens is 2. The Balaban J connectivity index is 2.68. The molecule has 1 heterocycles. The minimum atomic E-state index is -1.04. The molecule has 1 aromatic heterocycles. The van der Waals surface area contributed by atoms with Gasteiger partial charge in [0.15, 0.2) is 5.82 Å². The summed E-state index contributed by atoms with van der Waals surface area (Å²) in [5.74, 6) is -0.271. The third kappa shape index (κ3) is 2.19. The van der Waals surface area contributed by atoms with E-state index in [9.17, 15) is 9.90 Å². The first kappa shape index (κ1) is 14.2. The second-order valence-corrected chi connectivity index (χ2v) is 5.26. The molecule has 0 bridgehead atoms. The van der Waals surface area contributed by atoms with Gasteiger partial charge in [-0.1, -0.05) is 24.3 Å². The van der Waals surface area contributed by atoms with Crippen molar-refractivity contribution in [1.82, 2.24) is 10.2 Å². The van der Waals surface area contributed by atoms with Crippen molar-refractivity contribution in [1.29, 1.82) is 0 Å². The Labute approximate surface area is 118 Å². The van der Waals surface area contributed by atoms with Gasteiger partial charge in [0, 0.05) is 17.3 Å². The first-order chi connectivity index (χ1) is 9.39. The molecular formula is C15H19N3O2. The summed E-state index contributed by atoms with van der Waals surface area (Å²) < 4.78 is 0. The van der Waals surface area contributed by atoms with E-state index < -0.39 is 11.5 Å². The highest BCUT2D eigenvalue weighted by molar-refractivity contribution is 5.95. The number of hydrogen-bond acceptors (Lipinski definition) is 4. The highest BCUT2D eigenvalue weighted by Crippen LogP contribution is 2.30. The quantitative estimate of drug-likeness (QED) is 0.927. The Morgan fingerprint density at radius 1 is 1.25 bits per heavy atom. The van der Waals surface area contributed by atoms with Crippen LogP contribution >= 0.6 is 0 Å². The monoisotopic (exact) mass is 273 g/mol. The maximum atomic E-state index is 11.5. The molecule has 0 aliphatic carbocycles. The molecule has 0 spiro atoms. The molecule has 0 unspecified atom stereocenters. The van der Waals surface area contributed by atoms with Gasteiger partial charge < -0.3 is 10.0 Å². The van der Waals surface area contributed by atoms with Gasteiger partial charge in [-0.25, -0.2) is 4.79 Å². The van der Waals surface area contributed by atoms with Gasteiger partial charge in [0.2, 0.25) is 0 Å². The summed E-state index contributed by atoms with van der Waals surface area (Å²) in [5.41, 5.74) is -0.199. The van der Waals surface area contributed by atoms with Crippen molar-refractivity contribution in [2.24, 2.45) is 0 Å². The van der Waals surface area contributed by atoms with E-state index in [0.29, 0.717) is 12.4 Å². The number of carboxylic acid groups (broad SMARTS) is 1. The van der Waals surface area contributed by atoms with Crippen molar-refractivity contribution in [3.63, 3.8) is 0 Å². The van der Waals surface area contributed by atoms with E-state index in [4.69, 9.17) is 0 Å². The van der Waals surface area contributed by atoms with Crippen LogP contribution in [0.25, 0.3) is 10.8 Å². The molecule has 0 amide bonds. The summed E-state index contributed by atoms with van der Waals surface area (Å²) in [5, 5.41) is 19.8. The molecule has 1 aromatic carbocycles. The molecule has 2 rings (SSSR count). The number of rotatable bonds is 4. The van der Waals surface area contributed by atoms with Gasteiger partial charge in [-0.2, -0.15) is 5.10 Å². The van der Waals surface area contributed by atoms with Crippen LogP contribution in [0.4, 0.5) is 5.82 Å². The SMILES string of the molecule is CCN(c1nnc(C)c2ccccc12)C(C)(C)C(=O)O. The van der Waals surface area contributed by atoms with E-state index in [1.54, 1.807) is 18.7 Å². The van der Waals surface area contributed by atoms with Gasteiger partial charge >= 0.3 is 5.97 Å². The normalized spacial score (nSPS) is 11.6. The summed E-state index contributed by atoms with van der Waals surface area (Å²) in [6, 6.07) is 7.80. The zero-order valence-corrected chi connectivity index (χ0v) is 12.2. The van der Waals surface area contributed by atoms with Crippen molar-refractivity contribution in [3.05, 3.63) is 30.0 Å². The molecule has 20 heavy (non-hydrogen) atoms. The van der Waals surface area contributed by atoms with E-state index in [0.717, 1.165) is 16.5 Å². The predicted octanol–water partition coefficient (Wildman–Crippen LogP) is 2.63. The van der Waals surface area contributed by atoms with Gasteiger partial charge in [-0.3, -0.25) is 0 Å². The van der Waals surface area contributed by atoms with Crippen LogP contribution in [-0.2, 0) is 4.79 Å². The first-order valence-electron chi connectivity index (χ1n) is 6.62. The predicted molar refractivity (Wildman–Crippen MR) is 79.0 cm³/mol. The fourth-order valence-electron chi connectivity index (χ4n) is 2.35. The lowest BCUT2D eigenvalue weighted by molar-refractivity contribution is -0.142. The van der Waals surface area contributed by atoms with Crippen LogP contribution in [0.2, 0.25) is 0 Å². The Kier molecular flexibility index (Phi) is 3.61. The summed E-state index contributed by atoms with van der Waals surface area (Å²) in [7, 11) is 0. The number of anilines is 1. The lowest BCUT2D eigenvalue weighted by Gasteiger charge is -2.35. The minimum absolute atomic E-state index is 0.543. The molecule has 1 N–H and O–H groups in total. The summed E-state index contributed by atoms with van der Waals surface area (Å²) in [6.45, 7) is 7.71. The van der Waals surface area contributed by atoms with Crippen LogP contribution in [-0.4, -0.2) is 33.4 Å². The molecule has 0 aliphatic heterocycles. The largest absolute Gasteiger partial charge is 0.480 e. The number of nitrogens with zero attached hydrogens (tertiary/aromatic N) is 3. The van der Waals surface area contributed by atoms with Gasteiger partial charge in [-0.15, -0.1) is 5.10 Å². The molecule has 0 aliphatic rings. The average Bonchev–Trinajstić information content (AvgIpc) is 2.42. The molecule has 0 radical (unpaired) electrons. The van der Waals surface area contributed by atoms with E-state index in [1.807, 2.05) is 38.1 Å². The average molecular weight is 273 g/mol. The molecule has 0 saturated heterocycles. The molecule has 106 valence electrons. The number of carbonyl (C=O) groups is 1. The maximum absolute atomic E-state index is 11.5. The highest BCUT2D eigenvalue weighted by atomic mass is 16.4. The summed E-state index contributed by atoms with van der Waals surface area (Å²) in [6.07, 6.45) is 0. The van der Waals surface area contributed by atoms with E-state index >= 15 is 0 Å². The zero-order chi connectivity index (χ0) is 14.9. The van der Waals surface area contributed by atoms with Crippen LogP contribution in [0.3, 0.4) is 0 Å². The Morgan fingerprint density at radius 2 is 1.85 bits per heavy atom. The van der Waals surface area contributed by atoms with Crippen LogP contribution in [0.1, 0.15) is 26.5 Å². The van der Waals surface area contributed by atoms with Crippen molar-refractivity contribution >= 4 is 22.6 Å². The standard InChI is InChI=1S/C15H19N3O2/c1-5-18(15(3,4)14(19)20)13-12-9-7-6-8-11(12)10(2)16-17-13/h6-9H,5H2,1-4H3,(H,19,20). The summed E-state index contributed by atoms with van der Waals surface area (Å²) in [4.78, 5) is 13.3. The lowest BCUT2D eigenvalue weighted by Crippen LogP contribution is -2.50. The number of likely N-dealkylation sites (N-methyl/N-ethyl adjacent to an activating group) is 1. The molecule has 0 fully saturated rings. The third-order valence-electron chi connectivity index (χ3n) is 3.62.